The first-order valence-corrected chi connectivity index (χ1v) is 6.84. The molecular weight excluding hydrogens is 198 g/mol. The van der Waals surface area contributed by atoms with E-state index in [0.717, 1.165) is 19.5 Å². The van der Waals surface area contributed by atoms with Gasteiger partial charge in [-0.15, -0.1) is 0 Å². The first-order valence-electron chi connectivity index (χ1n) is 6.84. The van der Waals surface area contributed by atoms with Crippen LogP contribution in [0.2, 0.25) is 0 Å². The van der Waals surface area contributed by atoms with E-state index in [9.17, 15) is 0 Å². The lowest BCUT2D eigenvalue weighted by Crippen LogP contribution is -2.32. The fourth-order valence-corrected chi connectivity index (χ4v) is 1.87. The molecule has 0 aliphatic carbocycles. The Morgan fingerprint density at radius 3 is 1.81 bits per heavy atom. The Balaban J connectivity index is 3.61. The van der Waals surface area contributed by atoms with Crippen LogP contribution in [0, 0.1) is 0 Å². The number of nitrogens with two attached hydrogens (primary N) is 1. The van der Waals surface area contributed by atoms with Crippen LogP contribution in [-0.4, -0.2) is 55.1 Å². The highest BCUT2D eigenvalue weighted by Gasteiger charge is 2.05. The fraction of sp³-hybridized carbons (Fsp3) is 1.00. The minimum absolute atomic E-state index is 0.330. The predicted octanol–water partition coefficient (Wildman–Crippen LogP) is 1.78. The van der Waals surface area contributed by atoms with E-state index in [1.165, 1.54) is 32.6 Å². The van der Waals surface area contributed by atoms with E-state index < -0.39 is 0 Å². The lowest BCUT2D eigenvalue weighted by molar-refractivity contribution is 0.239. The van der Waals surface area contributed by atoms with Crippen LogP contribution in [0.25, 0.3) is 0 Å². The largest absolute Gasteiger partial charge is 0.328 e. The van der Waals surface area contributed by atoms with Crippen LogP contribution < -0.4 is 5.73 Å². The standard InChI is InChI=1S/C13H31N3/c1-5-15(6-2)10-8-11-16(7-3)12-9-13(4)14/h13H,5-12,14H2,1-4H3. The normalized spacial score (nSPS) is 13.7. The molecule has 0 radical (unpaired) electrons. The van der Waals surface area contributed by atoms with E-state index in [2.05, 4.69) is 37.5 Å². The van der Waals surface area contributed by atoms with Crippen LogP contribution in [-0.2, 0) is 0 Å². The van der Waals surface area contributed by atoms with Crippen LogP contribution in [0.1, 0.15) is 40.5 Å². The van der Waals surface area contributed by atoms with E-state index >= 15 is 0 Å². The zero-order valence-corrected chi connectivity index (χ0v) is 11.7. The summed E-state index contributed by atoms with van der Waals surface area (Å²) in [5.74, 6) is 0. The highest BCUT2D eigenvalue weighted by Crippen LogP contribution is 1.98. The second-order valence-corrected chi connectivity index (χ2v) is 4.58. The number of hydrogen-bond donors (Lipinski definition) is 1. The molecule has 1 atom stereocenters. The third-order valence-corrected chi connectivity index (χ3v) is 3.19. The maximum absolute atomic E-state index is 5.78. The van der Waals surface area contributed by atoms with Gasteiger partial charge in [-0.1, -0.05) is 20.8 Å². The van der Waals surface area contributed by atoms with Gasteiger partial charge in [-0.05, 0) is 59.0 Å². The molecule has 98 valence electrons. The third-order valence-electron chi connectivity index (χ3n) is 3.19. The first kappa shape index (κ1) is 15.9. The van der Waals surface area contributed by atoms with Crippen LogP contribution in [0.15, 0.2) is 0 Å². The summed E-state index contributed by atoms with van der Waals surface area (Å²) in [5.41, 5.74) is 5.78. The molecule has 0 aromatic rings. The van der Waals surface area contributed by atoms with E-state index in [0.29, 0.717) is 6.04 Å². The zero-order chi connectivity index (χ0) is 12.4. The quantitative estimate of drug-likeness (QED) is 0.620. The van der Waals surface area contributed by atoms with Gasteiger partial charge in [0.25, 0.3) is 0 Å². The Bertz CT molecular complexity index is 144. The monoisotopic (exact) mass is 229 g/mol. The van der Waals surface area contributed by atoms with Gasteiger partial charge in [-0.3, -0.25) is 0 Å². The predicted molar refractivity (Wildman–Crippen MR) is 72.8 cm³/mol. The average Bonchev–Trinajstić information content (AvgIpc) is 2.28. The second kappa shape index (κ2) is 10.1. The van der Waals surface area contributed by atoms with Crippen LogP contribution >= 0.6 is 0 Å². The zero-order valence-electron chi connectivity index (χ0n) is 11.7. The topological polar surface area (TPSA) is 32.5 Å². The second-order valence-electron chi connectivity index (χ2n) is 4.58. The summed E-state index contributed by atoms with van der Waals surface area (Å²) in [6, 6.07) is 0.330. The minimum Gasteiger partial charge on any atom is -0.328 e. The van der Waals surface area contributed by atoms with Crippen molar-refractivity contribution >= 4 is 0 Å². The maximum Gasteiger partial charge on any atom is 0.00226 e. The summed E-state index contributed by atoms with van der Waals surface area (Å²) in [4.78, 5) is 4.99. The fourth-order valence-electron chi connectivity index (χ4n) is 1.87. The Morgan fingerprint density at radius 2 is 1.38 bits per heavy atom. The molecule has 2 N–H and O–H groups in total. The molecule has 1 unspecified atom stereocenters. The van der Waals surface area contributed by atoms with Gasteiger partial charge in [0.05, 0.1) is 0 Å². The molecule has 0 saturated heterocycles. The van der Waals surface area contributed by atoms with Crippen molar-refractivity contribution in [2.24, 2.45) is 5.73 Å². The Labute approximate surface area is 102 Å². The van der Waals surface area contributed by atoms with Crippen molar-refractivity contribution in [3.05, 3.63) is 0 Å². The van der Waals surface area contributed by atoms with Gasteiger partial charge < -0.3 is 15.5 Å². The molecule has 16 heavy (non-hydrogen) atoms. The molecule has 0 saturated carbocycles. The SMILES string of the molecule is CCN(CC)CCCN(CC)CCC(C)N. The number of rotatable bonds is 10. The number of hydrogen-bond acceptors (Lipinski definition) is 3. The van der Waals surface area contributed by atoms with Crippen molar-refractivity contribution in [2.45, 2.75) is 46.6 Å². The highest BCUT2D eigenvalue weighted by molar-refractivity contribution is 4.62. The lowest BCUT2D eigenvalue weighted by atomic mass is 10.2. The van der Waals surface area contributed by atoms with Gasteiger partial charge in [-0.25, -0.2) is 0 Å². The molecule has 0 aromatic carbocycles. The van der Waals surface area contributed by atoms with Gasteiger partial charge in [0.15, 0.2) is 0 Å². The van der Waals surface area contributed by atoms with Crippen molar-refractivity contribution in [3.63, 3.8) is 0 Å². The van der Waals surface area contributed by atoms with E-state index in [1.807, 2.05) is 0 Å². The maximum atomic E-state index is 5.78. The van der Waals surface area contributed by atoms with E-state index in [4.69, 9.17) is 5.73 Å². The molecule has 0 aromatic heterocycles. The molecule has 3 heteroatoms. The average molecular weight is 229 g/mol. The summed E-state index contributed by atoms with van der Waals surface area (Å²) in [6.45, 7) is 15.8. The Morgan fingerprint density at radius 1 is 0.875 bits per heavy atom. The third kappa shape index (κ3) is 8.08. The van der Waals surface area contributed by atoms with Gasteiger partial charge in [0.2, 0.25) is 0 Å². The van der Waals surface area contributed by atoms with Crippen molar-refractivity contribution < 1.29 is 0 Å². The summed E-state index contributed by atoms with van der Waals surface area (Å²) < 4.78 is 0. The molecule has 0 aliphatic heterocycles. The van der Waals surface area contributed by atoms with Crippen molar-refractivity contribution in [2.75, 3.05) is 39.3 Å². The summed E-state index contributed by atoms with van der Waals surface area (Å²) in [5, 5.41) is 0. The van der Waals surface area contributed by atoms with Crippen molar-refractivity contribution in [1.29, 1.82) is 0 Å². The van der Waals surface area contributed by atoms with Gasteiger partial charge >= 0.3 is 0 Å². The van der Waals surface area contributed by atoms with Gasteiger partial charge in [0, 0.05) is 6.04 Å². The highest BCUT2D eigenvalue weighted by atomic mass is 15.1. The molecule has 0 aliphatic rings. The minimum atomic E-state index is 0.330. The summed E-state index contributed by atoms with van der Waals surface area (Å²) >= 11 is 0. The van der Waals surface area contributed by atoms with Crippen molar-refractivity contribution in [1.82, 2.24) is 9.80 Å². The Hall–Kier alpha value is -0.120. The molecule has 0 fully saturated rings. The summed E-state index contributed by atoms with van der Waals surface area (Å²) in [7, 11) is 0. The van der Waals surface area contributed by atoms with Crippen molar-refractivity contribution in [3.8, 4) is 0 Å². The lowest BCUT2D eigenvalue weighted by Gasteiger charge is -2.23. The molecule has 0 bridgehead atoms. The summed E-state index contributed by atoms with van der Waals surface area (Å²) in [6.07, 6.45) is 2.38. The molecular formula is C13H31N3. The molecule has 0 heterocycles. The van der Waals surface area contributed by atoms with Gasteiger partial charge in [0.1, 0.15) is 0 Å². The van der Waals surface area contributed by atoms with E-state index in [1.54, 1.807) is 0 Å². The number of nitrogens with zero attached hydrogens (tertiary/aromatic N) is 2. The van der Waals surface area contributed by atoms with Gasteiger partial charge in [-0.2, -0.15) is 0 Å². The molecule has 0 spiro atoms. The molecule has 0 rings (SSSR count). The molecule has 3 nitrogen and oxygen atoms in total. The Kier molecular flexibility index (Phi) is 9.99. The van der Waals surface area contributed by atoms with Crippen LogP contribution in [0.3, 0.4) is 0 Å². The van der Waals surface area contributed by atoms with Crippen LogP contribution in [0.5, 0.6) is 0 Å². The molecule has 0 amide bonds. The van der Waals surface area contributed by atoms with E-state index in [-0.39, 0.29) is 0 Å². The first-order chi connectivity index (χ1) is 7.63. The smallest absolute Gasteiger partial charge is 0.00226 e. The van der Waals surface area contributed by atoms with Crippen LogP contribution in [0.4, 0.5) is 0 Å².